The van der Waals surface area contributed by atoms with E-state index in [9.17, 15) is 4.79 Å². The Balaban J connectivity index is 2.38. The van der Waals surface area contributed by atoms with Crippen LogP contribution in [0.15, 0.2) is 0 Å². The van der Waals surface area contributed by atoms with E-state index in [1.807, 2.05) is 25.7 Å². The fourth-order valence-electron chi connectivity index (χ4n) is 2.73. The quantitative estimate of drug-likeness (QED) is 0.811. The van der Waals surface area contributed by atoms with Crippen LogP contribution in [-0.4, -0.2) is 41.8 Å². The molecule has 0 spiro atoms. The van der Waals surface area contributed by atoms with E-state index in [1.54, 1.807) is 0 Å². The predicted molar refractivity (Wildman–Crippen MR) is 87.5 cm³/mol. The number of rotatable bonds is 6. The van der Waals surface area contributed by atoms with E-state index >= 15 is 0 Å². The third-order valence-electron chi connectivity index (χ3n) is 4.45. The van der Waals surface area contributed by atoms with E-state index in [0.717, 1.165) is 32.4 Å². The number of hydrogen-bond donors (Lipinski definition) is 1. The van der Waals surface area contributed by atoms with E-state index < -0.39 is 5.60 Å². The topological polar surface area (TPSA) is 41.6 Å². The molecule has 1 aliphatic rings. The zero-order valence-electron chi connectivity index (χ0n) is 14.7. The summed E-state index contributed by atoms with van der Waals surface area (Å²) in [5.41, 5.74) is -0.409. The summed E-state index contributed by atoms with van der Waals surface area (Å²) in [6.45, 7) is 14.3. The zero-order chi connectivity index (χ0) is 16.0. The molecule has 1 aliphatic heterocycles. The second-order valence-electron chi connectivity index (χ2n) is 7.39. The van der Waals surface area contributed by atoms with Gasteiger partial charge in [0.1, 0.15) is 5.60 Å². The molecule has 1 N–H and O–H groups in total. The molecule has 0 aliphatic carbocycles. The number of carbonyl (C=O) groups excluding carboxylic acids is 1. The number of amides is 1. The molecule has 124 valence electrons. The van der Waals surface area contributed by atoms with Gasteiger partial charge in [0.2, 0.25) is 0 Å². The molecule has 21 heavy (non-hydrogen) atoms. The summed E-state index contributed by atoms with van der Waals surface area (Å²) in [7, 11) is 0. The Labute approximate surface area is 130 Å². The van der Waals surface area contributed by atoms with Crippen molar-refractivity contribution in [2.75, 3.05) is 13.1 Å². The molecule has 4 nitrogen and oxygen atoms in total. The highest BCUT2D eigenvalue weighted by Crippen LogP contribution is 2.22. The molecule has 0 bridgehead atoms. The smallest absolute Gasteiger partial charge is 0.410 e. The van der Waals surface area contributed by atoms with Crippen molar-refractivity contribution in [3.8, 4) is 0 Å². The van der Waals surface area contributed by atoms with Gasteiger partial charge in [0.25, 0.3) is 0 Å². The van der Waals surface area contributed by atoms with Crippen molar-refractivity contribution in [2.24, 2.45) is 5.92 Å². The minimum atomic E-state index is -0.409. The molecule has 3 unspecified atom stereocenters. The van der Waals surface area contributed by atoms with E-state index in [0.29, 0.717) is 18.0 Å². The van der Waals surface area contributed by atoms with Gasteiger partial charge < -0.3 is 15.0 Å². The lowest BCUT2D eigenvalue weighted by Gasteiger charge is -2.29. The maximum absolute atomic E-state index is 12.2. The molecule has 0 aromatic carbocycles. The maximum atomic E-state index is 12.2. The van der Waals surface area contributed by atoms with E-state index in [1.165, 1.54) is 6.42 Å². The van der Waals surface area contributed by atoms with Crippen LogP contribution in [0.2, 0.25) is 0 Å². The fraction of sp³-hybridized carbons (Fsp3) is 0.941. The Bertz CT molecular complexity index is 325. The van der Waals surface area contributed by atoms with Crippen molar-refractivity contribution in [3.05, 3.63) is 0 Å². The number of hydrogen-bond acceptors (Lipinski definition) is 3. The first-order chi connectivity index (χ1) is 9.74. The first kappa shape index (κ1) is 18.3. The predicted octanol–water partition coefficient (Wildman–Crippen LogP) is 3.80. The largest absolute Gasteiger partial charge is 0.444 e. The second kappa shape index (κ2) is 8.02. The molecular weight excluding hydrogens is 264 g/mol. The van der Waals surface area contributed by atoms with E-state index in [-0.39, 0.29) is 6.09 Å². The lowest BCUT2D eigenvalue weighted by molar-refractivity contribution is 0.0220. The van der Waals surface area contributed by atoms with Gasteiger partial charge in [-0.05, 0) is 59.4 Å². The van der Waals surface area contributed by atoms with Crippen molar-refractivity contribution < 1.29 is 9.53 Å². The molecule has 1 saturated heterocycles. The fourth-order valence-corrected chi connectivity index (χ4v) is 2.73. The SMILES string of the molecule is CCC(C)C(C)NCCC1CCCN1C(=O)OC(C)(C)C. The van der Waals surface area contributed by atoms with Crippen molar-refractivity contribution >= 4 is 6.09 Å². The first-order valence-corrected chi connectivity index (χ1v) is 8.47. The Kier molecular flexibility index (Phi) is 6.98. The van der Waals surface area contributed by atoms with E-state index in [4.69, 9.17) is 4.74 Å². The van der Waals surface area contributed by atoms with Gasteiger partial charge in [0.05, 0.1) is 0 Å². The molecule has 3 atom stereocenters. The normalized spacial score (nSPS) is 22.2. The number of nitrogens with zero attached hydrogens (tertiary/aromatic N) is 1. The van der Waals surface area contributed by atoms with E-state index in [2.05, 4.69) is 26.1 Å². The lowest BCUT2D eigenvalue weighted by Crippen LogP contribution is -2.42. The van der Waals surface area contributed by atoms with Gasteiger partial charge in [-0.2, -0.15) is 0 Å². The van der Waals surface area contributed by atoms with Crippen LogP contribution in [0, 0.1) is 5.92 Å². The van der Waals surface area contributed by atoms with Gasteiger partial charge in [-0.3, -0.25) is 0 Å². The maximum Gasteiger partial charge on any atom is 0.410 e. The van der Waals surface area contributed by atoms with Crippen molar-refractivity contribution in [2.45, 2.75) is 84.9 Å². The van der Waals surface area contributed by atoms with Gasteiger partial charge >= 0.3 is 6.09 Å². The third-order valence-corrected chi connectivity index (χ3v) is 4.45. The van der Waals surface area contributed by atoms with Crippen LogP contribution in [-0.2, 0) is 4.74 Å². The van der Waals surface area contributed by atoms with Crippen LogP contribution in [0.3, 0.4) is 0 Å². The average Bonchev–Trinajstić information content (AvgIpc) is 2.84. The Morgan fingerprint density at radius 1 is 1.38 bits per heavy atom. The summed E-state index contributed by atoms with van der Waals surface area (Å²) >= 11 is 0. The van der Waals surface area contributed by atoms with Crippen LogP contribution < -0.4 is 5.32 Å². The lowest BCUT2D eigenvalue weighted by atomic mass is 10.0. The summed E-state index contributed by atoms with van der Waals surface area (Å²) in [5.74, 6) is 0.690. The summed E-state index contributed by atoms with van der Waals surface area (Å²) < 4.78 is 5.50. The number of likely N-dealkylation sites (tertiary alicyclic amines) is 1. The molecular formula is C17H34N2O2. The summed E-state index contributed by atoms with van der Waals surface area (Å²) in [6, 6.07) is 0.864. The third kappa shape index (κ3) is 6.25. The second-order valence-corrected chi connectivity index (χ2v) is 7.39. The van der Waals surface area contributed by atoms with Crippen LogP contribution in [0.1, 0.15) is 67.2 Å². The monoisotopic (exact) mass is 298 g/mol. The standard InChI is InChI=1S/C17H34N2O2/c1-7-13(2)14(3)18-11-10-15-9-8-12-19(15)16(20)21-17(4,5)6/h13-15,18H,7-12H2,1-6H3. The molecule has 0 aromatic rings. The molecule has 1 fully saturated rings. The molecule has 1 rings (SSSR count). The van der Waals surface area contributed by atoms with Gasteiger partial charge in [0.15, 0.2) is 0 Å². The molecule has 0 saturated carbocycles. The highest BCUT2D eigenvalue weighted by molar-refractivity contribution is 5.68. The highest BCUT2D eigenvalue weighted by Gasteiger charge is 2.31. The highest BCUT2D eigenvalue weighted by atomic mass is 16.6. The summed E-state index contributed by atoms with van der Waals surface area (Å²) in [5, 5.41) is 3.59. The number of carbonyl (C=O) groups is 1. The summed E-state index contributed by atoms with van der Waals surface area (Å²) in [6.07, 6.45) is 4.24. The van der Waals surface area contributed by atoms with Crippen LogP contribution >= 0.6 is 0 Å². The Hall–Kier alpha value is -0.770. The minimum absolute atomic E-state index is 0.153. The number of nitrogens with one attached hydrogen (secondary N) is 1. The van der Waals surface area contributed by atoms with Gasteiger partial charge in [-0.15, -0.1) is 0 Å². The average molecular weight is 298 g/mol. The van der Waals surface area contributed by atoms with Crippen molar-refractivity contribution in [3.63, 3.8) is 0 Å². The van der Waals surface area contributed by atoms with Crippen LogP contribution in [0.4, 0.5) is 4.79 Å². The first-order valence-electron chi connectivity index (χ1n) is 8.47. The molecule has 0 radical (unpaired) electrons. The van der Waals surface area contributed by atoms with Crippen molar-refractivity contribution in [1.29, 1.82) is 0 Å². The van der Waals surface area contributed by atoms with Crippen molar-refractivity contribution in [1.82, 2.24) is 10.2 Å². The number of ether oxygens (including phenoxy) is 1. The van der Waals surface area contributed by atoms with Gasteiger partial charge in [-0.25, -0.2) is 4.79 Å². The molecule has 0 aromatic heterocycles. The minimum Gasteiger partial charge on any atom is -0.444 e. The van der Waals surface area contributed by atoms with Crippen LogP contribution in [0.25, 0.3) is 0 Å². The Morgan fingerprint density at radius 3 is 2.62 bits per heavy atom. The Morgan fingerprint density at radius 2 is 2.05 bits per heavy atom. The van der Waals surface area contributed by atoms with Gasteiger partial charge in [-0.1, -0.05) is 20.3 Å². The molecule has 4 heteroatoms. The molecule has 1 amide bonds. The van der Waals surface area contributed by atoms with Gasteiger partial charge in [0, 0.05) is 18.6 Å². The van der Waals surface area contributed by atoms with Crippen LogP contribution in [0.5, 0.6) is 0 Å². The summed E-state index contributed by atoms with van der Waals surface area (Å²) in [4.78, 5) is 14.1. The zero-order valence-corrected chi connectivity index (χ0v) is 14.7. The molecule has 1 heterocycles.